The molecule has 14 heavy (non-hydrogen) atoms. The lowest BCUT2D eigenvalue weighted by Gasteiger charge is -2.10. The van der Waals surface area contributed by atoms with Gasteiger partial charge in [-0.15, -0.1) is 0 Å². The first kappa shape index (κ1) is 13.4. The number of hydrogen-bond donors (Lipinski definition) is 2. The van der Waals surface area contributed by atoms with E-state index in [1.165, 1.54) is 0 Å². The van der Waals surface area contributed by atoms with Crippen molar-refractivity contribution >= 4 is 5.97 Å². The van der Waals surface area contributed by atoms with Crippen molar-refractivity contribution < 1.29 is 19.4 Å². The molecule has 0 aromatic heterocycles. The van der Waals surface area contributed by atoms with Gasteiger partial charge in [0.15, 0.2) is 6.29 Å². The van der Waals surface area contributed by atoms with Crippen LogP contribution in [0.15, 0.2) is 0 Å². The van der Waals surface area contributed by atoms with Gasteiger partial charge in [0, 0.05) is 6.42 Å². The average molecular weight is 205 g/mol. The number of hydrogen-bond acceptors (Lipinski definition) is 4. The topological polar surface area (TPSA) is 81.8 Å². The maximum Gasteiger partial charge on any atom is 0.320 e. The standard InChI is InChI=1S/C7H13NO4.C2H6/c8-5(7(9)10)1-2-6-11-3-4-12-6;1-2/h5-6H,1-4,8H2,(H,9,10);1-2H3. The number of aliphatic carboxylic acids is 1. The summed E-state index contributed by atoms with van der Waals surface area (Å²) in [5.74, 6) is -0.979. The Morgan fingerprint density at radius 2 is 2.00 bits per heavy atom. The normalized spacial score (nSPS) is 18.5. The Bertz CT molecular complexity index is 157. The van der Waals surface area contributed by atoms with Crippen LogP contribution in [0.2, 0.25) is 0 Å². The van der Waals surface area contributed by atoms with Gasteiger partial charge in [0.2, 0.25) is 0 Å². The summed E-state index contributed by atoms with van der Waals surface area (Å²) in [4.78, 5) is 10.3. The molecule has 1 unspecified atom stereocenters. The largest absolute Gasteiger partial charge is 0.480 e. The fourth-order valence-electron chi connectivity index (χ4n) is 1.01. The molecule has 3 N–H and O–H groups in total. The Balaban J connectivity index is 0.000000791. The van der Waals surface area contributed by atoms with Gasteiger partial charge < -0.3 is 20.3 Å². The first-order valence-electron chi connectivity index (χ1n) is 4.91. The van der Waals surface area contributed by atoms with E-state index < -0.39 is 12.0 Å². The lowest BCUT2D eigenvalue weighted by molar-refractivity contribution is -0.139. The van der Waals surface area contributed by atoms with Crippen LogP contribution in [-0.2, 0) is 14.3 Å². The van der Waals surface area contributed by atoms with E-state index in [0.717, 1.165) is 0 Å². The molecule has 1 saturated heterocycles. The fraction of sp³-hybridized carbons (Fsp3) is 0.889. The summed E-state index contributed by atoms with van der Waals surface area (Å²) in [6.45, 7) is 5.18. The van der Waals surface area contributed by atoms with Crippen molar-refractivity contribution in [2.24, 2.45) is 5.73 Å². The molecule has 0 amide bonds. The molecule has 5 nitrogen and oxygen atoms in total. The Morgan fingerprint density at radius 1 is 1.50 bits per heavy atom. The average Bonchev–Trinajstić information content (AvgIpc) is 2.69. The van der Waals surface area contributed by atoms with Gasteiger partial charge in [0.25, 0.3) is 0 Å². The quantitative estimate of drug-likeness (QED) is 0.701. The maximum atomic E-state index is 10.3. The SMILES string of the molecule is CC.NC(CCC1OCCO1)C(=O)O. The van der Waals surface area contributed by atoms with Gasteiger partial charge in [-0.3, -0.25) is 4.79 Å². The van der Waals surface area contributed by atoms with Crippen molar-refractivity contribution in [3.63, 3.8) is 0 Å². The molecule has 1 fully saturated rings. The molecule has 1 aliphatic rings. The number of nitrogens with two attached hydrogens (primary N) is 1. The van der Waals surface area contributed by atoms with Crippen LogP contribution in [0.4, 0.5) is 0 Å². The first-order chi connectivity index (χ1) is 6.70. The second kappa shape index (κ2) is 7.73. The Hall–Kier alpha value is -0.650. The molecule has 0 bridgehead atoms. The van der Waals surface area contributed by atoms with Gasteiger partial charge in [-0.05, 0) is 6.42 Å². The van der Waals surface area contributed by atoms with Crippen LogP contribution in [0.1, 0.15) is 26.7 Å². The first-order valence-corrected chi connectivity index (χ1v) is 4.91. The van der Waals surface area contributed by atoms with Crippen molar-refractivity contribution in [1.29, 1.82) is 0 Å². The second-order valence-electron chi connectivity index (χ2n) is 2.69. The third kappa shape index (κ3) is 5.16. The predicted molar refractivity (Wildman–Crippen MR) is 51.9 cm³/mol. The van der Waals surface area contributed by atoms with E-state index in [2.05, 4.69) is 0 Å². The van der Waals surface area contributed by atoms with E-state index in [1.54, 1.807) is 0 Å². The summed E-state index contributed by atoms with van der Waals surface area (Å²) in [5, 5.41) is 8.45. The van der Waals surface area contributed by atoms with E-state index in [-0.39, 0.29) is 6.29 Å². The number of rotatable bonds is 4. The van der Waals surface area contributed by atoms with Gasteiger partial charge in [0.1, 0.15) is 6.04 Å². The zero-order chi connectivity index (χ0) is 11.0. The van der Waals surface area contributed by atoms with Crippen molar-refractivity contribution in [3.05, 3.63) is 0 Å². The van der Waals surface area contributed by atoms with Gasteiger partial charge in [-0.25, -0.2) is 0 Å². The number of carbonyl (C=O) groups is 1. The minimum absolute atomic E-state index is 0.254. The molecule has 1 atom stereocenters. The highest BCUT2D eigenvalue weighted by molar-refractivity contribution is 5.72. The molecule has 1 aliphatic heterocycles. The zero-order valence-corrected chi connectivity index (χ0v) is 8.73. The van der Waals surface area contributed by atoms with Crippen molar-refractivity contribution in [3.8, 4) is 0 Å². The van der Waals surface area contributed by atoms with Crippen LogP contribution < -0.4 is 5.73 Å². The summed E-state index contributed by atoms with van der Waals surface area (Å²) in [6, 6.07) is -0.808. The van der Waals surface area contributed by atoms with Gasteiger partial charge >= 0.3 is 5.97 Å². The molecule has 0 aromatic carbocycles. The molecular weight excluding hydrogens is 186 g/mol. The van der Waals surface area contributed by atoms with Crippen LogP contribution >= 0.6 is 0 Å². The minimum atomic E-state index is -0.979. The lowest BCUT2D eigenvalue weighted by atomic mass is 10.2. The summed E-state index contributed by atoms with van der Waals surface area (Å²) in [5.41, 5.74) is 5.28. The highest BCUT2D eigenvalue weighted by Gasteiger charge is 2.19. The highest BCUT2D eigenvalue weighted by atomic mass is 16.7. The summed E-state index contributed by atoms with van der Waals surface area (Å²) in [7, 11) is 0. The number of carboxylic acids is 1. The smallest absolute Gasteiger partial charge is 0.320 e. The summed E-state index contributed by atoms with van der Waals surface area (Å²) in [6.07, 6.45) is 0.684. The highest BCUT2D eigenvalue weighted by Crippen LogP contribution is 2.10. The lowest BCUT2D eigenvalue weighted by Crippen LogP contribution is -2.31. The minimum Gasteiger partial charge on any atom is -0.480 e. The van der Waals surface area contributed by atoms with Crippen LogP contribution in [0.25, 0.3) is 0 Å². The Labute approximate surface area is 84.2 Å². The molecule has 1 rings (SSSR count). The monoisotopic (exact) mass is 205 g/mol. The molecule has 0 saturated carbocycles. The molecule has 0 spiro atoms. The number of carboxylic acid groups (broad SMARTS) is 1. The molecule has 0 radical (unpaired) electrons. The Morgan fingerprint density at radius 3 is 2.43 bits per heavy atom. The third-order valence-corrected chi connectivity index (χ3v) is 1.72. The predicted octanol–water partition coefficient (Wildman–Crippen LogP) is 0.578. The van der Waals surface area contributed by atoms with Crippen LogP contribution in [0.5, 0.6) is 0 Å². The van der Waals surface area contributed by atoms with Gasteiger partial charge in [0.05, 0.1) is 13.2 Å². The molecule has 0 aliphatic carbocycles. The van der Waals surface area contributed by atoms with Crippen molar-refractivity contribution in [2.75, 3.05) is 13.2 Å². The second-order valence-corrected chi connectivity index (χ2v) is 2.69. The van der Waals surface area contributed by atoms with Crippen molar-refractivity contribution in [2.45, 2.75) is 39.0 Å². The molecule has 1 heterocycles. The Kier molecular flexibility index (Phi) is 7.37. The molecule has 5 heteroatoms. The van der Waals surface area contributed by atoms with E-state index in [9.17, 15) is 4.79 Å². The molecule has 0 aromatic rings. The van der Waals surface area contributed by atoms with Crippen LogP contribution in [0, 0.1) is 0 Å². The summed E-state index contributed by atoms with van der Waals surface area (Å²) >= 11 is 0. The van der Waals surface area contributed by atoms with Gasteiger partial charge in [-0.1, -0.05) is 13.8 Å². The zero-order valence-electron chi connectivity index (χ0n) is 8.73. The van der Waals surface area contributed by atoms with Crippen molar-refractivity contribution in [1.82, 2.24) is 0 Å². The summed E-state index contributed by atoms with van der Waals surface area (Å²) < 4.78 is 10.2. The fourth-order valence-corrected chi connectivity index (χ4v) is 1.01. The van der Waals surface area contributed by atoms with E-state index in [0.29, 0.717) is 26.1 Å². The van der Waals surface area contributed by atoms with Crippen LogP contribution in [-0.4, -0.2) is 36.6 Å². The van der Waals surface area contributed by atoms with Crippen LogP contribution in [0.3, 0.4) is 0 Å². The van der Waals surface area contributed by atoms with Gasteiger partial charge in [-0.2, -0.15) is 0 Å². The van der Waals surface area contributed by atoms with E-state index in [4.69, 9.17) is 20.3 Å². The van der Waals surface area contributed by atoms with E-state index in [1.807, 2.05) is 13.8 Å². The third-order valence-electron chi connectivity index (χ3n) is 1.72. The molecular formula is C9H19NO4. The number of ether oxygens (including phenoxy) is 2. The van der Waals surface area contributed by atoms with E-state index >= 15 is 0 Å². The maximum absolute atomic E-state index is 10.3. The molecule has 84 valence electrons.